The van der Waals surface area contributed by atoms with Crippen LogP contribution in [-0.4, -0.2) is 17.8 Å². The van der Waals surface area contributed by atoms with Gasteiger partial charge in [0.2, 0.25) is 0 Å². The van der Waals surface area contributed by atoms with Crippen LogP contribution < -0.4 is 5.32 Å². The lowest BCUT2D eigenvalue weighted by molar-refractivity contribution is 0.251. The first kappa shape index (κ1) is 10.2. The van der Waals surface area contributed by atoms with Gasteiger partial charge in [0.05, 0.1) is 6.61 Å². The van der Waals surface area contributed by atoms with E-state index in [9.17, 15) is 0 Å². The van der Waals surface area contributed by atoms with Crippen LogP contribution in [0.1, 0.15) is 11.8 Å². The minimum absolute atomic E-state index is 0.172. The van der Waals surface area contributed by atoms with Gasteiger partial charge in [-0.05, 0) is 28.9 Å². The number of halogens is 1. The van der Waals surface area contributed by atoms with E-state index < -0.39 is 0 Å². The maximum Gasteiger partial charge on any atom is 0.0582 e. The van der Waals surface area contributed by atoms with Gasteiger partial charge < -0.3 is 10.4 Å². The van der Waals surface area contributed by atoms with E-state index in [1.54, 1.807) is 11.3 Å². The molecule has 68 valence electrons. The molecule has 0 spiro atoms. The molecule has 1 aromatic rings. The van der Waals surface area contributed by atoms with Crippen LogP contribution in [0.15, 0.2) is 15.9 Å². The van der Waals surface area contributed by atoms with Crippen molar-refractivity contribution < 1.29 is 5.11 Å². The average Bonchev–Trinajstić information content (AvgIpc) is 2.47. The normalized spacial score (nSPS) is 13.2. The van der Waals surface area contributed by atoms with E-state index in [2.05, 4.69) is 32.7 Å². The van der Waals surface area contributed by atoms with Crippen molar-refractivity contribution in [3.63, 3.8) is 0 Å². The largest absolute Gasteiger partial charge is 0.395 e. The SMILES string of the molecule is CC(CO)NCc1cc(Br)cs1. The summed E-state index contributed by atoms with van der Waals surface area (Å²) in [5.74, 6) is 0. The Hall–Kier alpha value is 0.1000. The number of aliphatic hydroxyl groups excluding tert-OH is 1. The van der Waals surface area contributed by atoms with Gasteiger partial charge in [-0.2, -0.15) is 0 Å². The van der Waals surface area contributed by atoms with Gasteiger partial charge in [0.25, 0.3) is 0 Å². The fourth-order valence-corrected chi connectivity index (χ4v) is 2.19. The van der Waals surface area contributed by atoms with Gasteiger partial charge in [-0.15, -0.1) is 11.3 Å². The molecule has 0 aromatic carbocycles. The topological polar surface area (TPSA) is 32.3 Å². The van der Waals surface area contributed by atoms with Crippen LogP contribution in [0.3, 0.4) is 0 Å². The number of nitrogens with one attached hydrogen (secondary N) is 1. The van der Waals surface area contributed by atoms with Crippen molar-refractivity contribution in [2.24, 2.45) is 0 Å². The van der Waals surface area contributed by atoms with Crippen molar-refractivity contribution >= 4 is 27.3 Å². The third kappa shape index (κ3) is 3.23. The molecule has 1 heterocycles. The Kier molecular flexibility index (Phi) is 4.21. The Balaban J connectivity index is 2.33. The first-order valence-corrected chi connectivity index (χ1v) is 5.47. The Labute approximate surface area is 84.7 Å². The Morgan fingerprint density at radius 3 is 3.00 bits per heavy atom. The number of thiophene rings is 1. The molecule has 12 heavy (non-hydrogen) atoms. The molecule has 0 radical (unpaired) electrons. The highest BCUT2D eigenvalue weighted by Gasteiger charge is 2.00. The smallest absolute Gasteiger partial charge is 0.0582 e. The highest BCUT2D eigenvalue weighted by Crippen LogP contribution is 2.19. The van der Waals surface area contributed by atoms with Gasteiger partial charge in [-0.1, -0.05) is 0 Å². The molecule has 0 aliphatic rings. The first-order chi connectivity index (χ1) is 5.72. The maximum atomic E-state index is 8.75. The van der Waals surface area contributed by atoms with Crippen LogP contribution in [0, 0.1) is 0 Å². The van der Waals surface area contributed by atoms with Gasteiger partial charge in [-0.25, -0.2) is 0 Å². The predicted molar refractivity (Wildman–Crippen MR) is 55.4 cm³/mol. The van der Waals surface area contributed by atoms with Gasteiger partial charge >= 0.3 is 0 Å². The number of rotatable bonds is 4. The van der Waals surface area contributed by atoms with E-state index in [-0.39, 0.29) is 12.6 Å². The van der Waals surface area contributed by atoms with Crippen molar-refractivity contribution in [1.29, 1.82) is 0 Å². The zero-order valence-electron chi connectivity index (χ0n) is 6.88. The van der Waals surface area contributed by atoms with Crippen molar-refractivity contribution in [3.05, 3.63) is 20.8 Å². The Morgan fingerprint density at radius 2 is 2.50 bits per heavy atom. The van der Waals surface area contributed by atoms with Crippen molar-refractivity contribution in [2.45, 2.75) is 19.5 Å². The molecule has 0 saturated heterocycles. The fourth-order valence-electron chi connectivity index (χ4n) is 0.786. The second-order valence-electron chi connectivity index (χ2n) is 2.70. The van der Waals surface area contributed by atoms with Crippen LogP contribution in [0.25, 0.3) is 0 Å². The van der Waals surface area contributed by atoms with E-state index in [4.69, 9.17) is 5.11 Å². The monoisotopic (exact) mass is 249 g/mol. The summed E-state index contributed by atoms with van der Waals surface area (Å²) < 4.78 is 1.13. The summed E-state index contributed by atoms with van der Waals surface area (Å²) in [7, 11) is 0. The van der Waals surface area contributed by atoms with E-state index >= 15 is 0 Å². The molecule has 0 saturated carbocycles. The van der Waals surface area contributed by atoms with Crippen molar-refractivity contribution in [3.8, 4) is 0 Å². The third-order valence-electron chi connectivity index (χ3n) is 1.52. The van der Waals surface area contributed by atoms with E-state index in [0.717, 1.165) is 11.0 Å². The zero-order valence-corrected chi connectivity index (χ0v) is 9.28. The molecule has 1 rings (SSSR count). The molecule has 1 atom stereocenters. The minimum Gasteiger partial charge on any atom is -0.395 e. The van der Waals surface area contributed by atoms with Gasteiger partial charge in [0.15, 0.2) is 0 Å². The Morgan fingerprint density at radius 1 is 1.75 bits per heavy atom. The lowest BCUT2D eigenvalue weighted by Gasteiger charge is -2.08. The molecular weight excluding hydrogens is 238 g/mol. The average molecular weight is 250 g/mol. The van der Waals surface area contributed by atoms with Gasteiger partial charge in [-0.3, -0.25) is 0 Å². The van der Waals surface area contributed by atoms with Crippen LogP contribution in [0.4, 0.5) is 0 Å². The van der Waals surface area contributed by atoms with Crippen LogP contribution in [-0.2, 0) is 6.54 Å². The van der Waals surface area contributed by atoms with Crippen LogP contribution in [0.5, 0.6) is 0 Å². The lowest BCUT2D eigenvalue weighted by Crippen LogP contribution is -2.28. The molecule has 4 heteroatoms. The molecule has 1 aromatic heterocycles. The van der Waals surface area contributed by atoms with Crippen LogP contribution in [0.2, 0.25) is 0 Å². The molecular formula is C8H12BrNOS. The molecule has 0 aliphatic heterocycles. The number of hydrogen-bond donors (Lipinski definition) is 2. The number of hydrogen-bond acceptors (Lipinski definition) is 3. The quantitative estimate of drug-likeness (QED) is 0.856. The molecule has 1 unspecified atom stereocenters. The molecule has 0 amide bonds. The lowest BCUT2D eigenvalue weighted by atomic mass is 10.3. The molecule has 0 fully saturated rings. The summed E-state index contributed by atoms with van der Waals surface area (Å²) in [5, 5.41) is 14.0. The first-order valence-electron chi connectivity index (χ1n) is 3.79. The molecule has 2 nitrogen and oxygen atoms in total. The predicted octanol–water partition coefficient (Wildman–Crippen LogP) is 1.98. The van der Waals surface area contributed by atoms with E-state index in [0.29, 0.717) is 0 Å². The molecule has 0 bridgehead atoms. The van der Waals surface area contributed by atoms with E-state index in [1.807, 2.05) is 6.92 Å². The van der Waals surface area contributed by atoms with Crippen molar-refractivity contribution in [2.75, 3.05) is 6.61 Å². The second-order valence-corrected chi connectivity index (χ2v) is 4.61. The number of aliphatic hydroxyl groups is 1. The van der Waals surface area contributed by atoms with Gasteiger partial charge in [0.1, 0.15) is 0 Å². The summed E-state index contributed by atoms with van der Waals surface area (Å²) in [6, 6.07) is 2.26. The summed E-state index contributed by atoms with van der Waals surface area (Å²) in [5.41, 5.74) is 0. The molecule has 0 aliphatic carbocycles. The highest BCUT2D eigenvalue weighted by molar-refractivity contribution is 9.10. The van der Waals surface area contributed by atoms with Crippen molar-refractivity contribution in [1.82, 2.24) is 5.32 Å². The fraction of sp³-hybridized carbons (Fsp3) is 0.500. The zero-order chi connectivity index (χ0) is 8.97. The summed E-state index contributed by atoms with van der Waals surface area (Å²) in [4.78, 5) is 1.28. The standard InChI is InChI=1S/C8H12BrNOS/c1-6(4-11)10-3-8-2-7(9)5-12-8/h2,5-6,10-11H,3-4H2,1H3. The van der Waals surface area contributed by atoms with Crippen LogP contribution >= 0.6 is 27.3 Å². The maximum absolute atomic E-state index is 8.75. The van der Waals surface area contributed by atoms with E-state index in [1.165, 1.54) is 4.88 Å². The minimum atomic E-state index is 0.172. The Bertz CT molecular complexity index is 239. The molecule has 2 N–H and O–H groups in total. The second kappa shape index (κ2) is 4.97. The summed E-state index contributed by atoms with van der Waals surface area (Å²) in [6.07, 6.45) is 0. The third-order valence-corrected chi connectivity index (χ3v) is 3.22. The van der Waals surface area contributed by atoms with Gasteiger partial charge in [0, 0.05) is 27.3 Å². The highest BCUT2D eigenvalue weighted by atomic mass is 79.9. The summed E-state index contributed by atoms with van der Waals surface area (Å²) >= 11 is 5.10. The summed E-state index contributed by atoms with van der Waals surface area (Å²) in [6.45, 7) is 2.98.